The van der Waals surface area contributed by atoms with E-state index in [2.05, 4.69) is 94.9 Å². The van der Waals surface area contributed by atoms with Gasteiger partial charge in [-0.15, -0.1) is 6.58 Å². The number of allylic oxidation sites excluding steroid dienone is 1. The molecule has 0 unspecified atom stereocenters. The second-order valence-corrected chi connectivity index (χ2v) is 14.8. The topological polar surface area (TPSA) is 26.3 Å². The number of Topliss-reactive ketones (excluding diaryl/α,β-unsaturated/α-hetero) is 1. The van der Waals surface area contributed by atoms with Gasteiger partial charge < -0.3 is 4.43 Å². The fourth-order valence-electron chi connectivity index (χ4n) is 6.32. The van der Waals surface area contributed by atoms with E-state index in [1.807, 2.05) is 6.08 Å². The Morgan fingerprint density at radius 3 is 2.03 bits per heavy atom. The van der Waals surface area contributed by atoms with Crippen LogP contribution in [-0.2, 0) is 9.22 Å². The molecular weight excluding hydrogens is 396 g/mol. The number of rotatable bonds is 6. The van der Waals surface area contributed by atoms with Crippen molar-refractivity contribution in [1.29, 1.82) is 0 Å². The van der Waals surface area contributed by atoms with Crippen molar-refractivity contribution in [2.45, 2.75) is 58.1 Å². The Morgan fingerprint density at radius 2 is 1.55 bits per heavy atom. The van der Waals surface area contributed by atoms with Gasteiger partial charge in [0.15, 0.2) is 0 Å². The maximum Gasteiger partial charge on any atom is 0.261 e. The van der Waals surface area contributed by atoms with Crippen LogP contribution in [0.3, 0.4) is 0 Å². The van der Waals surface area contributed by atoms with E-state index in [0.29, 0.717) is 30.0 Å². The SMILES string of the molecule is C=CC[C@@H]1[C@H]2CC(=O)[C@@H](C)[C@H]2C[C@H]1O[Si](c1ccccc1)(c1ccccc1)C(C)(C)C. The molecule has 0 bridgehead atoms. The van der Waals surface area contributed by atoms with Crippen LogP contribution in [0.15, 0.2) is 73.3 Å². The van der Waals surface area contributed by atoms with Crippen molar-refractivity contribution >= 4 is 24.5 Å². The molecule has 164 valence electrons. The van der Waals surface area contributed by atoms with Gasteiger partial charge in [0.05, 0.1) is 0 Å². The summed E-state index contributed by atoms with van der Waals surface area (Å²) in [4.78, 5) is 12.5. The number of ketones is 1. The first kappa shape index (κ1) is 22.2. The van der Waals surface area contributed by atoms with Gasteiger partial charge in [-0.2, -0.15) is 0 Å². The summed E-state index contributed by atoms with van der Waals surface area (Å²) >= 11 is 0. The third-order valence-corrected chi connectivity index (χ3v) is 12.9. The van der Waals surface area contributed by atoms with Crippen LogP contribution in [0.4, 0.5) is 0 Å². The fourth-order valence-corrected chi connectivity index (χ4v) is 11.1. The Morgan fingerprint density at radius 1 is 1.00 bits per heavy atom. The van der Waals surface area contributed by atoms with Crippen LogP contribution < -0.4 is 10.4 Å². The predicted molar refractivity (Wildman–Crippen MR) is 131 cm³/mol. The van der Waals surface area contributed by atoms with Crippen molar-refractivity contribution in [1.82, 2.24) is 0 Å². The highest BCUT2D eigenvalue weighted by molar-refractivity contribution is 6.99. The maximum absolute atomic E-state index is 12.5. The van der Waals surface area contributed by atoms with Crippen LogP contribution in [0.25, 0.3) is 0 Å². The van der Waals surface area contributed by atoms with Crippen molar-refractivity contribution in [2.75, 3.05) is 0 Å². The molecule has 2 nitrogen and oxygen atoms in total. The number of hydrogen-bond donors (Lipinski definition) is 0. The minimum absolute atomic E-state index is 0.0342. The molecule has 0 spiro atoms. The van der Waals surface area contributed by atoms with E-state index >= 15 is 0 Å². The fraction of sp³-hybridized carbons (Fsp3) is 0.464. The number of carbonyl (C=O) groups is 1. The molecule has 4 rings (SSSR count). The van der Waals surface area contributed by atoms with E-state index in [1.165, 1.54) is 10.4 Å². The Hall–Kier alpha value is -1.97. The van der Waals surface area contributed by atoms with E-state index in [9.17, 15) is 4.79 Å². The van der Waals surface area contributed by atoms with Crippen LogP contribution in [-0.4, -0.2) is 20.2 Å². The van der Waals surface area contributed by atoms with Crippen LogP contribution >= 0.6 is 0 Å². The molecule has 2 saturated carbocycles. The molecule has 0 radical (unpaired) electrons. The Bertz CT molecular complexity index is 876. The largest absolute Gasteiger partial charge is 0.404 e. The minimum Gasteiger partial charge on any atom is -0.404 e. The third-order valence-electron chi connectivity index (χ3n) is 7.85. The molecule has 2 aromatic carbocycles. The first-order valence-corrected chi connectivity index (χ1v) is 13.6. The smallest absolute Gasteiger partial charge is 0.261 e. The monoisotopic (exact) mass is 432 g/mol. The zero-order valence-corrected chi connectivity index (χ0v) is 20.4. The van der Waals surface area contributed by atoms with E-state index in [4.69, 9.17) is 4.43 Å². The van der Waals surface area contributed by atoms with Gasteiger partial charge in [0, 0.05) is 18.4 Å². The number of benzene rings is 2. The quantitative estimate of drug-likeness (QED) is 0.453. The molecular formula is C28H36O2Si. The van der Waals surface area contributed by atoms with Crippen molar-refractivity contribution < 1.29 is 9.22 Å². The average Bonchev–Trinajstić information content (AvgIpc) is 3.22. The van der Waals surface area contributed by atoms with Crippen LogP contribution in [0.1, 0.15) is 47.0 Å². The lowest BCUT2D eigenvalue weighted by molar-refractivity contribution is -0.121. The Labute approximate surface area is 188 Å². The van der Waals surface area contributed by atoms with Crippen molar-refractivity contribution in [3.63, 3.8) is 0 Å². The highest BCUT2D eigenvalue weighted by Gasteiger charge is 2.57. The van der Waals surface area contributed by atoms with Gasteiger partial charge in [-0.05, 0) is 46.0 Å². The molecule has 0 aromatic heterocycles. The van der Waals surface area contributed by atoms with Gasteiger partial charge in [-0.25, -0.2) is 0 Å². The summed E-state index contributed by atoms with van der Waals surface area (Å²) in [6.07, 6.45) is 4.81. The summed E-state index contributed by atoms with van der Waals surface area (Å²) in [7, 11) is -2.59. The van der Waals surface area contributed by atoms with Crippen LogP contribution in [0, 0.1) is 23.7 Å². The summed E-state index contributed by atoms with van der Waals surface area (Å²) in [6, 6.07) is 21.8. The standard InChI is InChI=1S/C28H36O2Si/c1-6-13-23-25-18-26(29)20(2)24(25)19-27(23)30-31(28(3,4)5,21-14-9-7-10-15-21)22-16-11-8-12-17-22/h6-12,14-17,20,23-25,27H,1,13,18-19H2,2-5H3/t20-,23+,24+,25+,27+/m0/s1. The predicted octanol–water partition coefficient (Wildman–Crippen LogP) is 5.37. The number of carbonyl (C=O) groups excluding carboxylic acids is 1. The van der Waals surface area contributed by atoms with Gasteiger partial charge in [0.1, 0.15) is 5.78 Å². The third kappa shape index (κ3) is 3.76. The highest BCUT2D eigenvalue weighted by Crippen LogP contribution is 2.53. The first-order valence-electron chi connectivity index (χ1n) is 11.7. The van der Waals surface area contributed by atoms with Crippen LogP contribution in [0.5, 0.6) is 0 Å². The minimum atomic E-state index is -2.59. The zero-order chi connectivity index (χ0) is 22.2. The van der Waals surface area contributed by atoms with Crippen molar-refractivity contribution in [2.24, 2.45) is 23.7 Å². The molecule has 0 N–H and O–H groups in total. The van der Waals surface area contributed by atoms with Gasteiger partial charge in [0.2, 0.25) is 0 Å². The van der Waals surface area contributed by atoms with Crippen molar-refractivity contribution in [3.8, 4) is 0 Å². The second kappa shape index (κ2) is 8.52. The molecule has 0 heterocycles. The number of fused-ring (bicyclic) bond motifs is 1. The second-order valence-electron chi connectivity index (χ2n) is 10.5. The summed E-state index contributed by atoms with van der Waals surface area (Å²) in [5.41, 5.74) is 0. The summed E-state index contributed by atoms with van der Waals surface area (Å²) in [5.74, 6) is 1.85. The molecule has 2 aromatic rings. The molecule has 2 fully saturated rings. The van der Waals surface area contributed by atoms with Crippen LogP contribution in [0.2, 0.25) is 5.04 Å². The molecule has 0 aliphatic heterocycles. The van der Waals surface area contributed by atoms with E-state index in [-0.39, 0.29) is 17.1 Å². The summed E-state index contributed by atoms with van der Waals surface area (Å²) in [5, 5.41) is 2.62. The van der Waals surface area contributed by atoms with E-state index in [0.717, 1.165) is 12.8 Å². The zero-order valence-electron chi connectivity index (χ0n) is 19.4. The van der Waals surface area contributed by atoms with Gasteiger partial charge in [-0.3, -0.25) is 4.79 Å². The lowest BCUT2D eigenvalue weighted by Gasteiger charge is -2.46. The molecule has 0 saturated heterocycles. The van der Waals surface area contributed by atoms with Crippen molar-refractivity contribution in [3.05, 3.63) is 73.3 Å². The van der Waals surface area contributed by atoms with E-state index < -0.39 is 8.32 Å². The van der Waals surface area contributed by atoms with Gasteiger partial charge in [-0.1, -0.05) is 94.4 Å². The number of hydrogen-bond acceptors (Lipinski definition) is 2. The highest BCUT2D eigenvalue weighted by atomic mass is 28.4. The molecule has 0 amide bonds. The molecule has 31 heavy (non-hydrogen) atoms. The Balaban J connectivity index is 1.82. The normalized spacial score (nSPS) is 28.5. The summed E-state index contributed by atoms with van der Waals surface area (Å²) < 4.78 is 7.50. The molecule has 2 aliphatic rings. The molecule has 2 aliphatic carbocycles. The van der Waals surface area contributed by atoms with Gasteiger partial charge >= 0.3 is 0 Å². The summed E-state index contributed by atoms with van der Waals surface area (Å²) in [6.45, 7) is 13.2. The maximum atomic E-state index is 12.5. The lowest BCUT2D eigenvalue weighted by Crippen LogP contribution is -2.68. The first-order chi connectivity index (χ1) is 14.8. The molecule has 3 heteroatoms. The molecule has 5 atom stereocenters. The van der Waals surface area contributed by atoms with Gasteiger partial charge in [0.25, 0.3) is 8.32 Å². The van der Waals surface area contributed by atoms with E-state index in [1.54, 1.807) is 0 Å². The Kier molecular flexibility index (Phi) is 6.11. The lowest BCUT2D eigenvalue weighted by atomic mass is 9.87. The average molecular weight is 433 g/mol.